The van der Waals surface area contributed by atoms with Gasteiger partial charge < -0.3 is 9.73 Å². The maximum atomic E-state index is 12.7. The zero-order chi connectivity index (χ0) is 21.1. The van der Waals surface area contributed by atoms with Crippen molar-refractivity contribution < 1.29 is 9.21 Å². The van der Waals surface area contributed by atoms with Gasteiger partial charge in [-0.25, -0.2) is 4.68 Å². The molecule has 3 aromatic rings. The summed E-state index contributed by atoms with van der Waals surface area (Å²) >= 11 is 0. The van der Waals surface area contributed by atoms with E-state index in [0.29, 0.717) is 34.9 Å². The Labute approximate surface area is 171 Å². The summed E-state index contributed by atoms with van der Waals surface area (Å²) in [4.78, 5) is 12.7. The summed E-state index contributed by atoms with van der Waals surface area (Å²) in [5, 5.41) is 15.7. The molecule has 0 spiro atoms. The standard InChI is InChI=1S/C22H29N5O2/c1-13(2)10-19-12-20(22-25-24-16(6)29-22)26-27(19)18-9-7-8-17(11-18)21(28)23-15(5)14(3)4/h7-9,11-15H,10H2,1-6H3,(H,23,28)/t15-/m0/s1. The van der Waals surface area contributed by atoms with Crippen LogP contribution in [0.2, 0.25) is 0 Å². The van der Waals surface area contributed by atoms with Gasteiger partial charge in [0.2, 0.25) is 5.89 Å². The minimum absolute atomic E-state index is 0.0848. The van der Waals surface area contributed by atoms with Crippen molar-refractivity contribution in [2.45, 2.75) is 54.0 Å². The summed E-state index contributed by atoms with van der Waals surface area (Å²) in [6.07, 6.45) is 0.834. The first-order chi connectivity index (χ1) is 13.7. The van der Waals surface area contributed by atoms with Gasteiger partial charge in [-0.15, -0.1) is 10.2 Å². The van der Waals surface area contributed by atoms with E-state index in [0.717, 1.165) is 17.8 Å². The first-order valence-corrected chi connectivity index (χ1v) is 10.0. The van der Waals surface area contributed by atoms with Gasteiger partial charge in [-0.2, -0.15) is 5.10 Å². The van der Waals surface area contributed by atoms with Crippen LogP contribution < -0.4 is 5.32 Å². The molecule has 1 N–H and O–H groups in total. The van der Waals surface area contributed by atoms with E-state index in [4.69, 9.17) is 9.52 Å². The van der Waals surface area contributed by atoms with Crippen molar-refractivity contribution in [2.75, 3.05) is 0 Å². The number of benzene rings is 1. The third-order valence-electron chi connectivity index (χ3n) is 4.86. The maximum Gasteiger partial charge on any atom is 0.268 e. The number of carbonyl (C=O) groups is 1. The largest absolute Gasteiger partial charge is 0.420 e. The molecule has 0 aliphatic heterocycles. The van der Waals surface area contributed by atoms with Crippen LogP contribution in [-0.4, -0.2) is 31.9 Å². The fourth-order valence-corrected chi connectivity index (χ4v) is 2.95. The van der Waals surface area contributed by atoms with Gasteiger partial charge in [0.15, 0.2) is 0 Å². The molecule has 1 atom stereocenters. The highest BCUT2D eigenvalue weighted by Gasteiger charge is 2.18. The van der Waals surface area contributed by atoms with Gasteiger partial charge in [0.1, 0.15) is 5.69 Å². The topological polar surface area (TPSA) is 85.8 Å². The summed E-state index contributed by atoms with van der Waals surface area (Å²) in [7, 11) is 0. The number of hydrogen-bond donors (Lipinski definition) is 1. The normalized spacial score (nSPS) is 12.6. The van der Waals surface area contributed by atoms with Crippen LogP contribution in [0.3, 0.4) is 0 Å². The molecule has 1 amide bonds. The molecule has 0 saturated heterocycles. The number of carbonyl (C=O) groups excluding carboxylic acids is 1. The molecular formula is C22H29N5O2. The number of nitrogens with one attached hydrogen (secondary N) is 1. The molecule has 154 valence electrons. The number of nitrogens with zero attached hydrogens (tertiary/aromatic N) is 4. The molecular weight excluding hydrogens is 366 g/mol. The smallest absolute Gasteiger partial charge is 0.268 e. The molecule has 2 aromatic heterocycles. The number of hydrogen-bond acceptors (Lipinski definition) is 5. The molecule has 0 radical (unpaired) electrons. The van der Waals surface area contributed by atoms with Crippen LogP contribution in [0, 0.1) is 18.8 Å². The van der Waals surface area contributed by atoms with Crippen LogP contribution >= 0.6 is 0 Å². The number of aryl methyl sites for hydroxylation is 1. The van der Waals surface area contributed by atoms with Crippen molar-refractivity contribution in [3.05, 3.63) is 47.5 Å². The van der Waals surface area contributed by atoms with Gasteiger partial charge in [-0.1, -0.05) is 33.8 Å². The first-order valence-electron chi connectivity index (χ1n) is 10.0. The maximum absolute atomic E-state index is 12.7. The van der Waals surface area contributed by atoms with E-state index >= 15 is 0 Å². The second kappa shape index (κ2) is 8.59. The van der Waals surface area contributed by atoms with Crippen molar-refractivity contribution in [1.29, 1.82) is 0 Å². The highest BCUT2D eigenvalue weighted by molar-refractivity contribution is 5.94. The lowest BCUT2D eigenvalue weighted by Gasteiger charge is -2.17. The Kier molecular flexibility index (Phi) is 6.15. The Morgan fingerprint density at radius 1 is 1.14 bits per heavy atom. The van der Waals surface area contributed by atoms with Crippen LogP contribution in [0.5, 0.6) is 0 Å². The average molecular weight is 396 g/mol. The highest BCUT2D eigenvalue weighted by Crippen LogP contribution is 2.23. The molecule has 7 heteroatoms. The quantitative estimate of drug-likeness (QED) is 0.648. The fraction of sp³-hybridized carbons (Fsp3) is 0.455. The molecule has 0 fully saturated rings. The molecule has 0 unspecified atom stereocenters. The Morgan fingerprint density at radius 3 is 2.52 bits per heavy atom. The van der Waals surface area contributed by atoms with Crippen LogP contribution in [0.1, 0.15) is 56.6 Å². The van der Waals surface area contributed by atoms with Gasteiger partial charge in [0.05, 0.1) is 5.69 Å². The molecule has 0 aliphatic carbocycles. The summed E-state index contributed by atoms with van der Waals surface area (Å²) in [6.45, 7) is 12.3. The molecule has 0 bridgehead atoms. The SMILES string of the molecule is Cc1nnc(-c2cc(CC(C)C)n(-c3cccc(C(=O)N[C@@H](C)C(C)C)c3)n2)o1. The number of aromatic nitrogens is 4. The Hall–Kier alpha value is -2.96. The van der Waals surface area contributed by atoms with Crippen molar-refractivity contribution in [3.63, 3.8) is 0 Å². The Bertz CT molecular complexity index is 987. The summed E-state index contributed by atoms with van der Waals surface area (Å²) < 4.78 is 7.40. The summed E-state index contributed by atoms with van der Waals surface area (Å²) in [6, 6.07) is 9.58. The molecule has 0 aliphatic rings. The van der Waals surface area contributed by atoms with Gasteiger partial charge in [-0.3, -0.25) is 4.79 Å². The van der Waals surface area contributed by atoms with Gasteiger partial charge in [-0.05, 0) is 49.4 Å². The summed E-state index contributed by atoms with van der Waals surface area (Å²) in [5.41, 5.74) is 3.09. The molecule has 7 nitrogen and oxygen atoms in total. The van der Waals surface area contributed by atoms with E-state index in [-0.39, 0.29) is 11.9 Å². The minimum atomic E-state index is -0.0848. The first kappa shape index (κ1) is 20.8. The van der Waals surface area contributed by atoms with E-state index < -0.39 is 0 Å². The van der Waals surface area contributed by atoms with Gasteiger partial charge in [0.25, 0.3) is 11.8 Å². The van der Waals surface area contributed by atoms with E-state index in [1.165, 1.54) is 0 Å². The molecule has 3 rings (SSSR count). The lowest BCUT2D eigenvalue weighted by atomic mass is 10.1. The Balaban J connectivity index is 1.96. The number of rotatable bonds is 7. The van der Waals surface area contributed by atoms with Crippen molar-refractivity contribution >= 4 is 5.91 Å². The Morgan fingerprint density at radius 2 is 1.90 bits per heavy atom. The van der Waals surface area contributed by atoms with E-state index in [1.807, 2.05) is 41.9 Å². The third kappa shape index (κ3) is 4.91. The monoisotopic (exact) mass is 395 g/mol. The van der Waals surface area contributed by atoms with Crippen LogP contribution in [0.15, 0.2) is 34.7 Å². The van der Waals surface area contributed by atoms with Gasteiger partial charge in [0, 0.05) is 24.2 Å². The molecule has 0 saturated carbocycles. The van der Waals surface area contributed by atoms with E-state index in [2.05, 4.69) is 43.2 Å². The zero-order valence-electron chi connectivity index (χ0n) is 17.9. The molecule has 2 heterocycles. The van der Waals surface area contributed by atoms with Crippen molar-refractivity contribution in [3.8, 4) is 17.3 Å². The zero-order valence-corrected chi connectivity index (χ0v) is 17.9. The van der Waals surface area contributed by atoms with Crippen LogP contribution in [0.4, 0.5) is 0 Å². The third-order valence-corrected chi connectivity index (χ3v) is 4.86. The number of amides is 1. The predicted octanol–water partition coefficient (Wildman–Crippen LogP) is 4.20. The predicted molar refractivity (Wildman–Crippen MR) is 112 cm³/mol. The van der Waals surface area contributed by atoms with E-state index in [1.54, 1.807) is 6.92 Å². The van der Waals surface area contributed by atoms with E-state index in [9.17, 15) is 4.79 Å². The van der Waals surface area contributed by atoms with Crippen molar-refractivity contribution in [2.24, 2.45) is 11.8 Å². The fourth-order valence-electron chi connectivity index (χ4n) is 2.95. The lowest BCUT2D eigenvalue weighted by Crippen LogP contribution is -2.36. The average Bonchev–Trinajstić information content (AvgIpc) is 3.27. The van der Waals surface area contributed by atoms with Gasteiger partial charge >= 0.3 is 0 Å². The van der Waals surface area contributed by atoms with Crippen LogP contribution in [0.25, 0.3) is 17.3 Å². The minimum Gasteiger partial charge on any atom is -0.420 e. The molecule has 1 aromatic carbocycles. The molecule has 29 heavy (non-hydrogen) atoms. The second-order valence-corrected chi connectivity index (χ2v) is 8.21. The lowest BCUT2D eigenvalue weighted by molar-refractivity contribution is 0.0930. The highest BCUT2D eigenvalue weighted by atomic mass is 16.4. The van der Waals surface area contributed by atoms with Crippen molar-refractivity contribution in [1.82, 2.24) is 25.3 Å². The summed E-state index contributed by atoms with van der Waals surface area (Å²) in [5.74, 6) is 1.62. The second-order valence-electron chi connectivity index (χ2n) is 8.21. The van der Waals surface area contributed by atoms with Crippen LogP contribution in [-0.2, 0) is 6.42 Å².